The van der Waals surface area contributed by atoms with Crippen molar-refractivity contribution >= 4 is 33.2 Å². The van der Waals surface area contributed by atoms with Crippen molar-refractivity contribution in [3.8, 4) is 5.75 Å². The molecule has 0 bridgehead atoms. The number of carbonyl (C=O) groups is 1. The normalized spacial score (nSPS) is 10.7. The number of rotatable bonds is 8. The van der Waals surface area contributed by atoms with E-state index < -0.39 is 10.8 Å². The minimum atomic E-state index is -0.497. The van der Waals surface area contributed by atoms with Gasteiger partial charge in [0.1, 0.15) is 12.4 Å². The number of nitrogens with zero attached hydrogens (tertiary/aromatic N) is 3. The molecule has 0 saturated heterocycles. The minimum absolute atomic E-state index is 0.0495. The van der Waals surface area contributed by atoms with E-state index in [-0.39, 0.29) is 23.8 Å². The number of halogens is 1. The number of ether oxygens (including phenoxy) is 1. The van der Waals surface area contributed by atoms with Crippen molar-refractivity contribution in [1.82, 2.24) is 9.78 Å². The second-order valence-corrected chi connectivity index (χ2v) is 8.21. The summed E-state index contributed by atoms with van der Waals surface area (Å²) in [6, 6.07) is 15.3. The van der Waals surface area contributed by atoms with Gasteiger partial charge in [-0.1, -0.05) is 18.2 Å². The number of nitro groups is 1. The lowest BCUT2D eigenvalue weighted by Gasteiger charge is -2.07. The van der Waals surface area contributed by atoms with E-state index in [1.54, 1.807) is 42.1 Å². The van der Waals surface area contributed by atoms with Gasteiger partial charge in [-0.2, -0.15) is 5.10 Å². The lowest BCUT2D eigenvalue weighted by atomic mass is 10.2. The van der Waals surface area contributed by atoms with Gasteiger partial charge in [-0.15, -0.1) is 0 Å². The van der Waals surface area contributed by atoms with Crippen LogP contribution in [0.1, 0.15) is 27.4 Å². The third-order valence-corrected chi connectivity index (χ3v) is 5.11. The molecule has 2 aromatic heterocycles. The van der Waals surface area contributed by atoms with Crippen LogP contribution < -0.4 is 10.1 Å². The fourth-order valence-corrected chi connectivity index (χ4v) is 3.50. The van der Waals surface area contributed by atoms with Gasteiger partial charge in [0, 0.05) is 18.0 Å². The van der Waals surface area contributed by atoms with E-state index in [0.717, 1.165) is 15.6 Å². The highest BCUT2D eigenvalue weighted by molar-refractivity contribution is 9.10. The van der Waals surface area contributed by atoms with Crippen LogP contribution in [0.25, 0.3) is 0 Å². The Bertz CT molecular complexity index is 1310. The number of nitrogens with one attached hydrogen (secondary N) is 1. The van der Waals surface area contributed by atoms with Crippen molar-refractivity contribution in [2.24, 2.45) is 0 Å². The summed E-state index contributed by atoms with van der Waals surface area (Å²) in [6.07, 6.45) is 3.57. The van der Waals surface area contributed by atoms with Gasteiger partial charge in [-0.05, 0) is 64.3 Å². The molecule has 0 fully saturated rings. The van der Waals surface area contributed by atoms with Crippen LogP contribution in [0, 0.1) is 17.0 Å². The summed E-state index contributed by atoms with van der Waals surface area (Å²) < 4.78 is 13.8. The number of benzene rings is 2. The van der Waals surface area contributed by atoms with Crippen LogP contribution in [-0.4, -0.2) is 20.6 Å². The summed E-state index contributed by atoms with van der Waals surface area (Å²) >= 11 is 3.37. The minimum Gasteiger partial charge on any atom is -0.479 e. The number of furan rings is 1. The molecule has 0 aliphatic heterocycles. The topological polar surface area (TPSA) is 112 Å². The van der Waals surface area contributed by atoms with Crippen LogP contribution >= 0.6 is 15.9 Å². The maximum Gasteiger partial charge on any atom is 0.311 e. The Kier molecular flexibility index (Phi) is 6.55. The Hall–Kier alpha value is -3.92. The molecule has 4 aromatic rings. The summed E-state index contributed by atoms with van der Waals surface area (Å²) in [7, 11) is 0. The summed E-state index contributed by atoms with van der Waals surface area (Å²) in [4.78, 5) is 23.3. The molecular formula is C23H19BrN4O5. The van der Waals surface area contributed by atoms with Crippen LogP contribution in [0.4, 0.5) is 11.4 Å². The van der Waals surface area contributed by atoms with Crippen molar-refractivity contribution in [3.63, 3.8) is 0 Å². The third-order valence-electron chi connectivity index (χ3n) is 4.70. The van der Waals surface area contributed by atoms with Crippen LogP contribution in [-0.2, 0) is 13.2 Å². The zero-order chi connectivity index (χ0) is 23.4. The van der Waals surface area contributed by atoms with Gasteiger partial charge < -0.3 is 14.5 Å². The first-order chi connectivity index (χ1) is 15.9. The average Bonchev–Trinajstić information content (AvgIpc) is 3.42. The molecule has 2 heterocycles. The molecule has 0 aliphatic rings. The molecule has 9 nitrogen and oxygen atoms in total. The van der Waals surface area contributed by atoms with E-state index >= 15 is 0 Å². The van der Waals surface area contributed by atoms with E-state index in [0.29, 0.717) is 18.0 Å². The molecule has 4 rings (SSSR count). The molecule has 0 spiro atoms. The second-order valence-electron chi connectivity index (χ2n) is 7.29. The number of hydrogen-bond acceptors (Lipinski definition) is 6. The van der Waals surface area contributed by atoms with Crippen molar-refractivity contribution in [2.45, 2.75) is 20.1 Å². The predicted molar refractivity (Wildman–Crippen MR) is 124 cm³/mol. The Labute approximate surface area is 197 Å². The molecule has 0 atom stereocenters. The van der Waals surface area contributed by atoms with Gasteiger partial charge in [0.2, 0.25) is 0 Å². The van der Waals surface area contributed by atoms with Gasteiger partial charge in [-0.3, -0.25) is 19.6 Å². The van der Waals surface area contributed by atoms with Crippen LogP contribution in [0.2, 0.25) is 0 Å². The molecule has 1 amide bonds. The fraction of sp³-hybridized carbons (Fsp3) is 0.130. The van der Waals surface area contributed by atoms with Crippen molar-refractivity contribution in [2.75, 3.05) is 5.32 Å². The molecule has 0 radical (unpaired) electrons. The molecule has 33 heavy (non-hydrogen) atoms. The molecule has 1 N–H and O–H groups in total. The van der Waals surface area contributed by atoms with Crippen molar-refractivity contribution in [3.05, 3.63) is 104 Å². The highest BCUT2D eigenvalue weighted by Crippen LogP contribution is 2.28. The Morgan fingerprint density at radius 1 is 1.24 bits per heavy atom. The van der Waals surface area contributed by atoms with E-state index in [4.69, 9.17) is 9.15 Å². The fourth-order valence-electron chi connectivity index (χ4n) is 3.17. The number of carbonyl (C=O) groups excluding carboxylic acids is 1. The summed E-state index contributed by atoms with van der Waals surface area (Å²) in [6.45, 7) is 2.27. The maximum atomic E-state index is 12.6. The zero-order valence-corrected chi connectivity index (χ0v) is 19.1. The summed E-state index contributed by atoms with van der Waals surface area (Å²) in [5.41, 5.74) is 2.22. The van der Waals surface area contributed by atoms with Crippen LogP contribution in [0.5, 0.6) is 5.75 Å². The maximum absolute atomic E-state index is 12.6. The summed E-state index contributed by atoms with van der Waals surface area (Å²) in [5.74, 6) is 0.192. The van der Waals surface area contributed by atoms with Gasteiger partial charge in [0.05, 0.1) is 22.1 Å². The largest absolute Gasteiger partial charge is 0.479 e. The smallest absolute Gasteiger partial charge is 0.311 e. The quantitative estimate of drug-likeness (QED) is 0.253. The Morgan fingerprint density at radius 2 is 2.09 bits per heavy atom. The van der Waals surface area contributed by atoms with Gasteiger partial charge in [0.15, 0.2) is 11.5 Å². The molecule has 0 aliphatic carbocycles. The monoisotopic (exact) mass is 510 g/mol. The predicted octanol–water partition coefficient (Wildman–Crippen LogP) is 5.33. The number of aryl methyl sites for hydroxylation is 1. The van der Waals surface area contributed by atoms with E-state index in [9.17, 15) is 14.9 Å². The molecule has 10 heteroatoms. The van der Waals surface area contributed by atoms with Crippen LogP contribution in [0.3, 0.4) is 0 Å². The molecule has 168 valence electrons. The standard InChI is InChI=1S/C23H19BrN4O5/c1-15-5-7-21(20(9-15)28(30)31)32-14-19-6-8-22(33-19)23(29)26-18-4-2-3-16(10-18)12-27-13-17(24)11-25-27/h2-11,13H,12,14H2,1H3,(H,26,29). The molecule has 2 aromatic carbocycles. The number of amides is 1. The number of aromatic nitrogens is 2. The van der Waals surface area contributed by atoms with Gasteiger partial charge >= 0.3 is 5.69 Å². The van der Waals surface area contributed by atoms with Crippen LogP contribution in [0.15, 0.2) is 75.9 Å². The highest BCUT2D eigenvalue weighted by atomic mass is 79.9. The first-order valence-electron chi connectivity index (χ1n) is 9.92. The van der Waals surface area contributed by atoms with E-state index in [1.165, 1.54) is 12.1 Å². The lowest BCUT2D eigenvalue weighted by molar-refractivity contribution is -0.386. The molecular weight excluding hydrogens is 492 g/mol. The van der Waals surface area contributed by atoms with Crippen molar-refractivity contribution < 1.29 is 18.9 Å². The SMILES string of the molecule is Cc1ccc(OCc2ccc(C(=O)Nc3cccc(Cn4cc(Br)cn4)c3)o2)c([N+](=O)[O-])c1. The Morgan fingerprint density at radius 3 is 2.85 bits per heavy atom. The van der Waals surface area contributed by atoms with Crippen molar-refractivity contribution in [1.29, 1.82) is 0 Å². The number of nitro benzene ring substituents is 1. The second kappa shape index (κ2) is 9.70. The molecule has 0 saturated carbocycles. The first kappa shape index (κ1) is 22.3. The number of hydrogen-bond donors (Lipinski definition) is 1. The van der Waals surface area contributed by atoms with E-state index in [1.807, 2.05) is 24.4 Å². The van der Waals surface area contributed by atoms with Gasteiger partial charge in [-0.25, -0.2) is 0 Å². The average molecular weight is 511 g/mol. The number of anilines is 1. The molecule has 0 unspecified atom stereocenters. The summed E-state index contributed by atoms with van der Waals surface area (Å²) in [5, 5.41) is 18.3. The third kappa shape index (κ3) is 5.66. The Balaban J connectivity index is 1.38. The van der Waals surface area contributed by atoms with E-state index in [2.05, 4.69) is 26.3 Å². The highest BCUT2D eigenvalue weighted by Gasteiger charge is 2.17. The van der Waals surface area contributed by atoms with Gasteiger partial charge in [0.25, 0.3) is 5.91 Å². The lowest BCUT2D eigenvalue weighted by Crippen LogP contribution is -2.11. The first-order valence-corrected chi connectivity index (χ1v) is 10.7. The zero-order valence-electron chi connectivity index (χ0n) is 17.5.